The minimum Gasteiger partial charge on any atom is -0.397 e. The Labute approximate surface area is 103 Å². The molecular formula is C14H19N3. The topological polar surface area (TPSA) is 53.0 Å². The Bertz CT molecular complexity index is 457. The van der Waals surface area contributed by atoms with Crippen LogP contribution in [0.25, 0.3) is 0 Å². The Morgan fingerprint density at radius 2 is 2.18 bits per heavy atom. The Hall–Kier alpha value is -1.53. The van der Waals surface area contributed by atoms with E-state index in [-0.39, 0.29) is 0 Å². The fourth-order valence-electron chi connectivity index (χ4n) is 2.26. The molecule has 1 heterocycles. The van der Waals surface area contributed by atoms with Gasteiger partial charge < -0.3 is 5.73 Å². The second-order valence-electron chi connectivity index (χ2n) is 5.17. The number of benzene rings is 1. The van der Waals surface area contributed by atoms with Crippen molar-refractivity contribution in [1.29, 1.82) is 5.26 Å². The van der Waals surface area contributed by atoms with Gasteiger partial charge in [-0.3, -0.25) is 4.90 Å². The van der Waals surface area contributed by atoms with E-state index in [2.05, 4.69) is 24.8 Å². The summed E-state index contributed by atoms with van der Waals surface area (Å²) in [5.74, 6) is 0.728. The van der Waals surface area contributed by atoms with Gasteiger partial charge in [-0.15, -0.1) is 0 Å². The number of nitrogens with two attached hydrogens (primary N) is 1. The van der Waals surface area contributed by atoms with Crippen molar-refractivity contribution in [3.05, 3.63) is 28.8 Å². The first kappa shape index (κ1) is 11.9. The molecule has 1 aliphatic rings. The maximum absolute atomic E-state index is 8.95. The van der Waals surface area contributed by atoms with Crippen molar-refractivity contribution in [3.8, 4) is 6.07 Å². The normalized spacial score (nSPS) is 14.9. The summed E-state index contributed by atoms with van der Waals surface area (Å²) in [6, 6.07) is 6.02. The molecule has 3 nitrogen and oxygen atoms in total. The number of nitriles is 1. The van der Waals surface area contributed by atoms with Gasteiger partial charge in [-0.25, -0.2) is 0 Å². The van der Waals surface area contributed by atoms with Crippen LogP contribution in [0.4, 0.5) is 5.69 Å². The minimum atomic E-state index is 0.606. The van der Waals surface area contributed by atoms with Crippen LogP contribution in [0.2, 0.25) is 0 Å². The van der Waals surface area contributed by atoms with E-state index in [0.29, 0.717) is 11.3 Å². The molecule has 90 valence electrons. The highest BCUT2D eigenvalue weighted by Gasteiger charge is 2.22. The van der Waals surface area contributed by atoms with E-state index in [9.17, 15) is 0 Å². The Morgan fingerprint density at radius 3 is 2.82 bits per heavy atom. The third kappa shape index (κ3) is 2.42. The van der Waals surface area contributed by atoms with Crippen molar-refractivity contribution in [2.75, 3.05) is 12.3 Å². The minimum absolute atomic E-state index is 0.606. The first-order valence-corrected chi connectivity index (χ1v) is 6.14. The fourth-order valence-corrected chi connectivity index (χ4v) is 2.26. The maximum atomic E-state index is 8.95. The molecule has 0 spiro atoms. The third-order valence-corrected chi connectivity index (χ3v) is 3.37. The van der Waals surface area contributed by atoms with E-state index in [1.807, 2.05) is 12.1 Å². The molecule has 3 heteroatoms. The highest BCUT2D eigenvalue weighted by molar-refractivity contribution is 5.62. The fraction of sp³-hybridized carbons (Fsp3) is 0.500. The van der Waals surface area contributed by atoms with E-state index in [1.165, 1.54) is 12.0 Å². The second kappa shape index (κ2) is 4.77. The lowest BCUT2D eigenvalue weighted by Crippen LogP contribution is -2.19. The zero-order chi connectivity index (χ0) is 12.4. The summed E-state index contributed by atoms with van der Waals surface area (Å²) >= 11 is 0. The van der Waals surface area contributed by atoms with Crippen LogP contribution >= 0.6 is 0 Å². The molecule has 1 aliphatic heterocycles. The molecule has 1 aromatic rings. The van der Waals surface area contributed by atoms with Gasteiger partial charge in [0.1, 0.15) is 6.07 Å². The first-order chi connectivity index (χ1) is 8.11. The van der Waals surface area contributed by atoms with Crippen LogP contribution in [0.3, 0.4) is 0 Å². The molecule has 2 N–H and O–H groups in total. The molecule has 2 rings (SSSR count). The third-order valence-electron chi connectivity index (χ3n) is 3.37. The SMILES string of the molecule is CC(C)CCN1Cc2ccc(C#N)c(N)c2C1. The predicted octanol–water partition coefficient (Wildman–Crippen LogP) is 2.50. The average Bonchev–Trinajstić information content (AvgIpc) is 2.71. The van der Waals surface area contributed by atoms with Gasteiger partial charge >= 0.3 is 0 Å². The molecule has 0 radical (unpaired) electrons. The number of fused-ring (bicyclic) bond motifs is 1. The van der Waals surface area contributed by atoms with Crippen LogP contribution in [-0.4, -0.2) is 11.4 Å². The van der Waals surface area contributed by atoms with Crippen molar-refractivity contribution in [3.63, 3.8) is 0 Å². The number of nitrogen functional groups attached to an aromatic ring is 1. The lowest BCUT2D eigenvalue weighted by Gasteiger charge is -2.15. The van der Waals surface area contributed by atoms with Gasteiger partial charge in [-0.05, 0) is 36.1 Å². The van der Waals surface area contributed by atoms with Gasteiger partial charge in [0.05, 0.1) is 11.3 Å². The summed E-state index contributed by atoms with van der Waals surface area (Å²) in [5.41, 5.74) is 9.74. The highest BCUT2D eigenvalue weighted by atomic mass is 15.1. The van der Waals surface area contributed by atoms with Gasteiger partial charge in [0, 0.05) is 13.1 Å². The van der Waals surface area contributed by atoms with Crippen molar-refractivity contribution < 1.29 is 0 Å². The van der Waals surface area contributed by atoms with E-state index in [4.69, 9.17) is 11.0 Å². The van der Waals surface area contributed by atoms with Crippen LogP contribution in [0.1, 0.15) is 37.0 Å². The number of hydrogen-bond donors (Lipinski definition) is 1. The molecule has 0 fully saturated rings. The summed E-state index contributed by atoms with van der Waals surface area (Å²) in [6.07, 6.45) is 1.21. The van der Waals surface area contributed by atoms with Gasteiger partial charge in [-0.2, -0.15) is 5.26 Å². The van der Waals surface area contributed by atoms with Crippen molar-refractivity contribution in [2.24, 2.45) is 5.92 Å². The van der Waals surface area contributed by atoms with Crippen LogP contribution in [0.15, 0.2) is 12.1 Å². The van der Waals surface area contributed by atoms with Gasteiger partial charge in [0.25, 0.3) is 0 Å². The second-order valence-corrected chi connectivity index (χ2v) is 5.17. The van der Waals surface area contributed by atoms with Crippen LogP contribution in [-0.2, 0) is 13.1 Å². The van der Waals surface area contributed by atoms with E-state index in [0.717, 1.165) is 31.1 Å². The standard InChI is InChI=1S/C14H19N3/c1-10(2)5-6-17-8-12-4-3-11(7-15)14(16)13(12)9-17/h3-4,10H,5-6,8-9,16H2,1-2H3. The molecule has 0 atom stereocenters. The monoisotopic (exact) mass is 229 g/mol. The largest absolute Gasteiger partial charge is 0.397 e. The number of rotatable bonds is 3. The average molecular weight is 229 g/mol. The summed E-state index contributed by atoms with van der Waals surface area (Å²) in [5, 5.41) is 8.95. The molecule has 0 aliphatic carbocycles. The molecule has 0 bridgehead atoms. The van der Waals surface area contributed by atoms with Gasteiger partial charge in [0.15, 0.2) is 0 Å². The van der Waals surface area contributed by atoms with Crippen molar-refractivity contribution in [2.45, 2.75) is 33.4 Å². The van der Waals surface area contributed by atoms with E-state index >= 15 is 0 Å². The first-order valence-electron chi connectivity index (χ1n) is 6.14. The van der Waals surface area contributed by atoms with Crippen molar-refractivity contribution in [1.82, 2.24) is 4.90 Å². The summed E-state index contributed by atoms with van der Waals surface area (Å²) in [6.45, 7) is 7.45. The summed E-state index contributed by atoms with van der Waals surface area (Å²) < 4.78 is 0. The Morgan fingerprint density at radius 1 is 1.41 bits per heavy atom. The zero-order valence-electron chi connectivity index (χ0n) is 10.5. The number of nitrogens with zero attached hydrogens (tertiary/aromatic N) is 2. The molecule has 0 amide bonds. The smallest absolute Gasteiger partial charge is 0.101 e. The van der Waals surface area contributed by atoms with Crippen LogP contribution in [0, 0.1) is 17.2 Å². The quantitative estimate of drug-likeness (QED) is 0.810. The van der Waals surface area contributed by atoms with Gasteiger partial charge in [0.2, 0.25) is 0 Å². The molecule has 0 aromatic heterocycles. The number of hydrogen-bond acceptors (Lipinski definition) is 3. The Balaban J connectivity index is 2.12. The van der Waals surface area contributed by atoms with Crippen LogP contribution < -0.4 is 5.73 Å². The van der Waals surface area contributed by atoms with Gasteiger partial charge in [-0.1, -0.05) is 19.9 Å². The van der Waals surface area contributed by atoms with E-state index < -0.39 is 0 Å². The molecule has 1 aromatic carbocycles. The van der Waals surface area contributed by atoms with Crippen molar-refractivity contribution >= 4 is 5.69 Å². The summed E-state index contributed by atoms with van der Waals surface area (Å²) in [4.78, 5) is 2.40. The predicted molar refractivity (Wildman–Crippen MR) is 69.1 cm³/mol. The van der Waals surface area contributed by atoms with Crippen LogP contribution in [0.5, 0.6) is 0 Å². The zero-order valence-corrected chi connectivity index (χ0v) is 10.5. The van der Waals surface area contributed by atoms with E-state index in [1.54, 1.807) is 0 Å². The highest BCUT2D eigenvalue weighted by Crippen LogP contribution is 2.30. The lowest BCUT2D eigenvalue weighted by atomic mass is 10.0. The summed E-state index contributed by atoms with van der Waals surface area (Å²) in [7, 11) is 0. The molecule has 0 saturated heterocycles. The Kier molecular flexibility index (Phi) is 3.35. The molecule has 0 unspecified atom stereocenters. The lowest BCUT2D eigenvalue weighted by molar-refractivity contribution is 0.266. The molecule has 0 saturated carbocycles. The maximum Gasteiger partial charge on any atom is 0.101 e. The molecular weight excluding hydrogens is 210 g/mol. The molecule has 17 heavy (non-hydrogen) atoms. The number of anilines is 1.